The maximum atomic E-state index is 13.1. The number of anilines is 1. The number of benzene rings is 1. The zero-order valence-electron chi connectivity index (χ0n) is 16.3. The number of hydrogen-bond acceptors (Lipinski definition) is 4. The molecule has 1 aromatic carbocycles. The molecule has 3 heterocycles. The number of nitrogens with one attached hydrogen (secondary N) is 1. The molecule has 0 bridgehead atoms. The molecular formula is C22H25N3O4. The van der Waals surface area contributed by atoms with Crippen molar-refractivity contribution in [1.29, 1.82) is 0 Å². The summed E-state index contributed by atoms with van der Waals surface area (Å²) < 4.78 is 5.21. The quantitative estimate of drug-likeness (QED) is 0.863. The molecule has 0 radical (unpaired) electrons. The summed E-state index contributed by atoms with van der Waals surface area (Å²) >= 11 is 0. The smallest absolute Gasteiger partial charge is 0.290 e. The molecule has 2 aromatic rings. The van der Waals surface area contributed by atoms with E-state index < -0.39 is 6.04 Å². The van der Waals surface area contributed by atoms with Crippen molar-refractivity contribution < 1.29 is 18.8 Å². The summed E-state index contributed by atoms with van der Waals surface area (Å²) in [5.41, 5.74) is 0.786. The molecule has 1 atom stereocenters. The van der Waals surface area contributed by atoms with Crippen LogP contribution in [0.3, 0.4) is 0 Å². The van der Waals surface area contributed by atoms with Crippen molar-refractivity contribution in [1.82, 2.24) is 9.80 Å². The van der Waals surface area contributed by atoms with Crippen molar-refractivity contribution in [3.05, 3.63) is 54.5 Å². The van der Waals surface area contributed by atoms with Crippen LogP contribution in [0.1, 0.15) is 36.2 Å². The number of hydrogen-bond donors (Lipinski definition) is 1. The molecule has 0 aliphatic carbocycles. The highest BCUT2D eigenvalue weighted by molar-refractivity contribution is 5.96. The Labute approximate surface area is 169 Å². The van der Waals surface area contributed by atoms with E-state index in [2.05, 4.69) is 5.32 Å². The monoisotopic (exact) mass is 395 g/mol. The van der Waals surface area contributed by atoms with Gasteiger partial charge in [0.1, 0.15) is 6.04 Å². The Balaban J connectivity index is 1.32. The molecule has 152 valence electrons. The SMILES string of the molecule is O=C(Nc1ccccc1)C1CCN(C(=O)C2CCCN2C(=O)c2ccco2)CC1. The molecule has 7 heteroatoms. The summed E-state index contributed by atoms with van der Waals surface area (Å²) in [4.78, 5) is 41.6. The Kier molecular flexibility index (Phi) is 5.64. The maximum absolute atomic E-state index is 13.1. The molecule has 7 nitrogen and oxygen atoms in total. The first kappa shape index (κ1) is 19.2. The second-order valence-electron chi connectivity index (χ2n) is 7.59. The lowest BCUT2D eigenvalue weighted by Crippen LogP contribution is -2.50. The Hall–Kier alpha value is -3.09. The van der Waals surface area contributed by atoms with Gasteiger partial charge < -0.3 is 19.5 Å². The molecule has 2 aliphatic rings. The van der Waals surface area contributed by atoms with Crippen LogP contribution in [0.2, 0.25) is 0 Å². The van der Waals surface area contributed by atoms with E-state index in [1.807, 2.05) is 30.3 Å². The topological polar surface area (TPSA) is 82.9 Å². The summed E-state index contributed by atoms with van der Waals surface area (Å²) in [5, 5.41) is 2.94. The largest absolute Gasteiger partial charge is 0.459 e. The van der Waals surface area contributed by atoms with Gasteiger partial charge in [0, 0.05) is 31.2 Å². The van der Waals surface area contributed by atoms with Gasteiger partial charge >= 0.3 is 0 Å². The van der Waals surface area contributed by atoms with Crippen LogP contribution in [0.5, 0.6) is 0 Å². The van der Waals surface area contributed by atoms with Crippen molar-refractivity contribution >= 4 is 23.4 Å². The highest BCUT2D eigenvalue weighted by Crippen LogP contribution is 2.25. The first-order chi connectivity index (χ1) is 14.1. The number of piperidine rings is 1. The van der Waals surface area contributed by atoms with E-state index in [9.17, 15) is 14.4 Å². The van der Waals surface area contributed by atoms with Crippen molar-refractivity contribution in [3.8, 4) is 0 Å². The van der Waals surface area contributed by atoms with Crippen molar-refractivity contribution in [2.75, 3.05) is 25.0 Å². The molecule has 4 rings (SSSR count). The predicted molar refractivity (Wildman–Crippen MR) is 107 cm³/mol. The van der Waals surface area contributed by atoms with Crippen LogP contribution < -0.4 is 5.32 Å². The number of amides is 3. The van der Waals surface area contributed by atoms with E-state index >= 15 is 0 Å². The Bertz CT molecular complexity index is 857. The Morgan fingerprint density at radius 2 is 1.69 bits per heavy atom. The lowest BCUT2D eigenvalue weighted by atomic mass is 9.95. The van der Waals surface area contributed by atoms with Crippen molar-refractivity contribution in [3.63, 3.8) is 0 Å². The van der Waals surface area contributed by atoms with Gasteiger partial charge in [-0.05, 0) is 49.9 Å². The van der Waals surface area contributed by atoms with Crippen LogP contribution in [0.4, 0.5) is 5.69 Å². The summed E-state index contributed by atoms with van der Waals surface area (Å²) in [6, 6.07) is 12.3. The number of carbonyl (C=O) groups is 3. The number of carbonyl (C=O) groups excluding carboxylic acids is 3. The Morgan fingerprint density at radius 3 is 2.38 bits per heavy atom. The maximum Gasteiger partial charge on any atom is 0.290 e. The van der Waals surface area contributed by atoms with E-state index in [1.54, 1.807) is 21.9 Å². The molecule has 2 aliphatic heterocycles. The number of rotatable bonds is 4. The fraction of sp³-hybridized carbons (Fsp3) is 0.409. The molecule has 2 saturated heterocycles. The molecular weight excluding hydrogens is 370 g/mol. The van der Waals surface area contributed by atoms with E-state index in [0.29, 0.717) is 38.9 Å². The van der Waals surface area contributed by atoms with Gasteiger partial charge in [-0.1, -0.05) is 18.2 Å². The molecule has 29 heavy (non-hydrogen) atoms. The average Bonchev–Trinajstić information content (AvgIpc) is 3.46. The average molecular weight is 395 g/mol. The van der Waals surface area contributed by atoms with E-state index in [4.69, 9.17) is 4.42 Å². The van der Waals surface area contributed by atoms with Gasteiger partial charge in [0.2, 0.25) is 11.8 Å². The van der Waals surface area contributed by atoms with Crippen molar-refractivity contribution in [2.45, 2.75) is 31.7 Å². The third-order valence-corrected chi connectivity index (χ3v) is 5.75. The van der Waals surface area contributed by atoms with E-state index in [-0.39, 0.29) is 29.4 Å². The van der Waals surface area contributed by atoms with Crippen LogP contribution in [0, 0.1) is 5.92 Å². The molecule has 1 unspecified atom stereocenters. The fourth-order valence-corrected chi connectivity index (χ4v) is 4.15. The highest BCUT2D eigenvalue weighted by atomic mass is 16.3. The van der Waals surface area contributed by atoms with Crippen LogP contribution in [-0.2, 0) is 9.59 Å². The summed E-state index contributed by atoms with van der Waals surface area (Å²) in [6.45, 7) is 1.63. The third kappa shape index (κ3) is 4.18. The first-order valence-corrected chi connectivity index (χ1v) is 10.1. The number of para-hydroxylation sites is 1. The van der Waals surface area contributed by atoms with Crippen LogP contribution in [0.25, 0.3) is 0 Å². The summed E-state index contributed by atoms with van der Waals surface area (Å²) in [5.74, 6) is -0.101. The summed E-state index contributed by atoms with van der Waals surface area (Å²) in [6.07, 6.45) is 4.19. The minimum atomic E-state index is -0.442. The molecule has 0 saturated carbocycles. The minimum Gasteiger partial charge on any atom is -0.459 e. The number of nitrogens with zero attached hydrogens (tertiary/aromatic N) is 2. The standard InChI is InChI=1S/C22H25N3O4/c26-20(23-17-6-2-1-3-7-17)16-10-13-24(14-11-16)21(27)18-8-4-12-25(18)22(28)19-9-5-15-29-19/h1-3,5-7,9,15-16,18H,4,8,10-14H2,(H,23,26). The molecule has 3 amide bonds. The van der Waals surface area contributed by atoms with Crippen LogP contribution >= 0.6 is 0 Å². The van der Waals surface area contributed by atoms with Gasteiger partial charge in [-0.3, -0.25) is 14.4 Å². The van der Waals surface area contributed by atoms with Gasteiger partial charge in [0.15, 0.2) is 5.76 Å². The third-order valence-electron chi connectivity index (χ3n) is 5.75. The zero-order valence-corrected chi connectivity index (χ0v) is 16.3. The van der Waals surface area contributed by atoms with Gasteiger partial charge in [-0.2, -0.15) is 0 Å². The molecule has 1 aromatic heterocycles. The highest BCUT2D eigenvalue weighted by Gasteiger charge is 2.39. The van der Waals surface area contributed by atoms with Gasteiger partial charge in [-0.15, -0.1) is 0 Å². The summed E-state index contributed by atoms with van der Waals surface area (Å²) in [7, 11) is 0. The first-order valence-electron chi connectivity index (χ1n) is 10.1. The number of furan rings is 1. The second kappa shape index (κ2) is 8.51. The van der Waals surface area contributed by atoms with Gasteiger partial charge in [0.05, 0.1) is 6.26 Å². The fourth-order valence-electron chi connectivity index (χ4n) is 4.15. The lowest BCUT2D eigenvalue weighted by Gasteiger charge is -2.35. The van der Waals surface area contributed by atoms with Crippen LogP contribution in [-0.4, -0.2) is 53.2 Å². The predicted octanol–water partition coefficient (Wildman–Crippen LogP) is 2.76. The second-order valence-corrected chi connectivity index (χ2v) is 7.59. The van der Waals surface area contributed by atoms with Crippen LogP contribution in [0.15, 0.2) is 53.1 Å². The molecule has 0 spiro atoms. The number of likely N-dealkylation sites (tertiary alicyclic amines) is 2. The zero-order chi connectivity index (χ0) is 20.2. The Morgan fingerprint density at radius 1 is 0.931 bits per heavy atom. The normalized spacial score (nSPS) is 19.9. The molecule has 1 N–H and O–H groups in total. The lowest BCUT2D eigenvalue weighted by molar-refractivity contribution is -0.138. The minimum absolute atomic E-state index is 0.00112. The van der Waals surface area contributed by atoms with Gasteiger partial charge in [-0.25, -0.2) is 0 Å². The van der Waals surface area contributed by atoms with Crippen molar-refractivity contribution in [2.24, 2.45) is 5.92 Å². The molecule has 2 fully saturated rings. The van der Waals surface area contributed by atoms with E-state index in [1.165, 1.54) is 6.26 Å². The van der Waals surface area contributed by atoms with Gasteiger partial charge in [0.25, 0.3) is 5.91 Å². The van der Waals surface area contributed by atoms with E-state index in [0.717, 1.165) is 12.1 Å².